The van der Waals surface area contributed by atoms with E-state index in [1.165, 1.54) is 19.3 Å². The van der Waals surface area contributed by atoms with Gasteiger partial charge in [0.2, 0.25) is 0 Å². The van der Waals surface area contributed by atoms with Crippen LogP contribution in [0.15, 0.2) is 0 Å². The molecule has 0 saturated heterocycles. The topological polar surface area (TPSA) is 130 Å². The van der Waals surface area contributed by atoms with E-state index in [4.69, 9.17) is 0 Å². The van der Waals surface area contributed by atoms with Gasteiger partial charge in [0.05, 0.1) is 0 Å². The fourth-order valence-corrected chi connectivity index (χ4v) is 3.77. The zero-order valence-corrected chi connectivity index (χ0v) is 23.4. The van der Waals surface area contributed by atoms with Crippen molar-refractivity contribution in [1.29, 1.82) is 0 Å². The van der Waals surface area contributed by atoms with Crippen LogP contribution in [0.3, 0.4) is 0 Å². The van der Waals surface area contributed by atoms with Gasteiger partial charge in [-0.25, -0.2) is 0 Å². The van der Waals surface area contributed by atoms with Crippen molar-refractivity contribution in [2.75, 3.05) is 19.1 Å². The molecule has 0 bridgehead atoms. The first kappa shape index (κ1) is 34.7. The largest absolute Gasteiger partial charge is 1.00 e. The molecule has 0 heterocycles. The van der Waals surface area contributed by atoms with Crippen molar-refractivity contribution in [3.8, 4) is 0 Å². The molecule has 0 atom stereocenters. The monoisotopic (exact) mass is 410 g/mol. The van der Waals surface area contributed by atoms with Gasteiger partial charge in [0.25, 0.3) is 0 Å². The van der Waals surface area contributed by atoms with Crippen molar-refractivity contribution in [2.45, 2.75) is 58.3 Å². The minimum atomic E-state index is -4.85. The molecule has 0 aliphatic heterocycles. The maximum absolute atomic E-state index is 10.7. The summed E-state index contributed by atoms with van der Waals surface area (Å²) in [6.07, 6.45) is 6.43. The first-order chi connectivity index (χ1) is 9.64. The molecule has 0 aliphatic carbocycles. The number of hydrogen-bond donors (Lipinski definition) is 0. The minimum Gasteiger partial charge on any atom is -0.810 e. The zero-order valence-electron chi connectivity index (χ0n) is 15.6. The van der Waals surface area contributed by atoms with Gasteiger partial charge >= 0.3 is 88.7 Å². The Bertz CT molecular complexity index is 343. The summed E-state index contributed by atoms with van der Waals surface area (Å²) in [5.74, 6) is 0. The predicted octanol–water partition coefficient (Wildman–Crippen LogP) is -8.82. The molecule has 0 fully saturated rings. The number of hydrogen-bond acceptors (Lipinski definition) is 7. The molecular weight excluding hydrogens is 385 g/mol. The van der Waals surface area contributed by atoms with Gasteiger partial charge in [-0.1, -0.05) is 67.1 Å². The van der Waals surface area contributed by atoms with Gasteiger partial charge in [0.15, 0.2) is 0 Å². The molecular formula is C12H25NNa3O6P2-. The number of rotatable bonds is 13. The normalized spacial score (nSPS) is 11.4. The van der Waals surface area contributed by atoms with Crippen LogP contribution in [0.4, 0.5) is 0 Å². The van der Waals surface area contributed by atoms with Crippen molar-refractivity contribution < 1.29 is 117 Å². The molecule has 0 saturated carbocycles. The summed E-state index contributed by atoms with van der Waals surface area (Å²) in [6.45, 7) is 2.28. The third kappa shape index (κ3) is 27.5. The quantitative estimate of drug-likeness (QED) is 0.167. The minimum absolute atomic E-state index is 0. The molecule has 0 aromatic carbocycles. The van der Waals surface area contributed by atoms with Crippen LogP contribution in [0.1, 0.15) is 58.3 Å². The summed E-state index contributed by atoms with van der Waals surface area (Å²) in [6, 6.07) is 0. The molecule has 0 aromatic rings. The average molecular weight is 410 g/mol. The van der Waals surface area contributed by atoms with Crippen molar-refractivity contribution in [3.63, 3.8) is 0 Å². The van der Waals surface area contributed by atoms with E-state index >= 15 is 0 Å². The fraction of sp³-hybridized carbons (Fsp3) is 1.00. The first-order valence-electron chi connectivity index (χ1n) is 7.38. The van der Waals surface area contributed by atoms with E-state index < -0.39 is 27.8 Å². The Morgan fingerprint density at radius 2 is 1.00 bits per heavy atom. The van der Waals surface area contributed by atoms with Gasteiger partial charge in [-0.2, -0.15) is 0 Å². The molecule has 0 radical (unpaired) electrons. The maximum atomic E-state index is 10.7. The summed E-state index contributed by atoms with van der Waals surface area (Å²) in [5, 5.41) is 0. The van der Waals surface area contributed by atoms with E-state index in [2.05, 4.69) is 6.92 Å². The van der Waals surface area contributed by atoms with Gasteiger partial charge in [0, 0.05) is 12.6 Å². The second-order valence-corrected chi connectivity index (χ2v) is 8.38. The van der Waals surface area contributed by atoms with Gasteiger partial charge in [-0.3, -0.25) is 4.90 Å². The fourth-order valence-electron chi connectivity index (χ4n) is 2.15. The predicted molar refractivity (Wildman–Crippen MR) is 74.3 cm³/mol. The van der Waals surface area contributed by atoms with Crippen LogP contribution in [-0.2, 0) is 9.13 Å². The van der Waals surface area contributed by atoms with E-state index in [1.54, 1.807) is 0 Å². The Morgan fingerprint density at radius 1 is 0.667 bits per heavy atom. The molecule has 0 aliphatic rings. The summed E-state index contributed by atoms with van der Waals surface area (Å²) in [4.78, 5) is 43.7. The van der Waals surface area contributed by atoms with Crippen LogP contribution in [0.2, 0.25) is 0 Å². The SMILES string of the molecule is CCCCCCCCCCN(CP(=O)([O-])[O-])CP(=O)([O-])[O-].[Na+].[Na+].[Na+]. The summed E-state index contributed by atoms with van der Waals surface area (Å²) in [7, 11) is -9.71. The number of unbranched alkanes of at least 4 members (excludes halogenated alkanes) is 7. The Hall–Kier alpha value is 3.26. The maximum Gasteiger partial charge on any atom is 1.00 e. The van der Waals surface area contributed by atoms with Crippen LogP contribution in [0.25, 0.3) is 0 Å². The molecule has 0 amide bonds. The second kappa shape index (κ2) is 19.6. The van der Waals surface area contributed by atoms with Crippen LogP contribution in [0.5, 0.6) is 0 Å². The summed E-state index contributed by atoms with van der Waals surface area (Å²) >= 11 is 0. The van der Waals surface area contributed by atoms with E-state index in [1.807, 2.05) is 0 Å². The van der Waals surface area contributed by atoms with Crippen molar-refractivity contribution in [3.05, 3.63) is 0 Å². The Labute approximate surface area is 212 Å². The molecule has 0 rings (SSSR count). The van der Waals surface area contributed by atoms with Crippen LogP contribution >= 0.6 is 15.2 Å². The van der Waals surface area contributed by atoms with Crippen LogP contribution in [-0.4, -0.2) is 24.0 Å². The second-order valence-electron chi connectivity index (χ2n) is 5.37. The van der Waals surface area contributed by atoms with Crippen molar-refractivity contribution >= 4 is 15.2 Å². The van der Waals surface area contributed by atoms with Gasteiger partial charge < -0.3 is 28.7 Å². The zero-order chi connectivity index (χ0) is 16.4. The van der Waals surface area contributed by atoms with Crippen LogP contribution < -0.4 is 108 Å². The summed E-state index contributed by atoms with van der Waals surface area (Å²) in [5.41, 5.74) is 0. The Balaban J connectivity index is -0.000000667. The third-order valence-corrected chi connectivity index (χ3v) is 4.57. The Morgan fingerprint density at radius 3 is 1.33 bits per heavy atom. The summed E-state index contributed by atoms with van der Waals surface area (Å²) < 4.78 is 21.4. The standard InChI is InChI=1S/C12H29NO6P2.3Na/c1-2-3-4-5-6-7-8-9-10-13(11-20(14,15)16)12-21(17,18)19;;;/h2-12H2,1H3,(H2,14,15,16)(H2,17,18,19);;;/q;3*+1/p-4. The molecule has 0 spiro atoms. The molecule has 0 N–H and O–H groups in total. The van der Waals surface area contributed by atoms with E-state index in [-0.39, 0.29) is 95.2 Å². The smallest absolute Gasteiger partial charge is 0.810 e. The average Bonchev–Trinajstić information content (AvgIpc) is 2.28. The third-order valence-electron chi connectivity index (χ3n) is 3.07. The van der Waals surface area contributed by atoms with Crippen LogP contribution in [0, 0.1) is 0 Å². The van der Waals surface area contributed by atoms with Crippen molar-refractivity contribution in [1.82, 2.24) is 4.90 Å². The molecule has 12 heteroatoms. The Kier molecular flexibility index (Phi) is 28.3. The van der Waals surface area contributed by atoms with E-state index in [0.29, 0.717) is 6.42 Å². The van der Waals surface area contributed by atoms with E-state index in [9.17, 15) is 28.7 Å². The molecule has 0 aromatic heterocycles. The van der Waals surface area contributed by atoms with E-state index in [0.717, 1.165) is 30.6 Å². The van der Waals surface area contributed by atoms with Gasteiger partial charge in [-0.15, -0.1) is 0 Å². The molecule has 128 valence electrons. The van der Waals surface area contributed by atoms with Crippen molar-refractivity contribution in [2.24, 2.45) is 0 Å². The number of nitrogens with zero attached hydrogens (tertiary/aromatic N) is 1. The molecule has 7 nitrogen and oxygen atoms in total. The van der Waals surface area contributed by atoms with Gasteiger partial charge in [-0.05, 0) is 13.0 Å². The first-order valence-corrected chi connectivity index (χ1v) is 10.8. The van der Waals surface area contributed by atoms with Gasteiger partial charge in [0.1, 0.15) is 0 Å². The molecule has 0 unspecified atom stereocenters. The molecule has 24 heavy (non-hydrogen) atoms.